The van der Waals surface area contributed by atoms with Crippen LogP contribution in [0, 0.1) is 10.1 Å². The number of methoxy groups -OCH3 is 1. The molecule has 0 bridgehead atoms. The number of benzene rings is 2. The first kappa shape index (κ1) is 21.3. The molecular formula is C22H24N6O4. The molecule has 0 aliphatic carbocycles. The smallest absolute Gasteiger partial charge is 0.279 e. The van der Waals surface area contributed by atoms with Crippen molar-refractivity contribution in [3.8, 4) is 17.0 Å². The fraction of sp³-hybridized carbons (Fsp3) is 0.273. The van der Waals surface area contributed by atoms with E-state index in [-0.39, 0.29) is 11.3 Å². The van der Waals surface area contributed by atoms with E-state index in [0.717, 1.165) is 37.6 Å². The fourth-order valence-electron chi connectivity index (χ4n) is 3.72. The summed E-state index contributed by atoms with van der Waals surface area (Å²) in [6, 6.07) is 11.4. The van der Waals surface area contributed by atoms with Crippen LogP contribution in [-0.4, -0.2) is 66.3 Å². The third kappa shape index (κ3) is 4.40. The van der Waals surface area contributed by atoms with E-state index >= 15 is 0 Å². The van der Waals surface area contributed by atoms with Crippen LogP contribution in [0.1, 0.15) is 10.4 Å². The molecule has 1 aliphatic rings. The van der Waals surface area contributed by atoms with E-state index in [1.54, 1.807) is 31.5 Å². The maximum atomic E-state index is 12.9. The first-order valence-electron chi connectivity index (χ1n) is 10.2. The van der Waals surface area contributed by atoms with E-state index < -0.39 is 10.8 Å². The van der Waals surface area contributed by atoms with E-state index in [2.05, 4.69) is 32.4 Å². The zero-order valence-electron chi connectivity index (χ0n) is 17.9. The summed E-state index contributed by atoms with van der Waals surface area (Å²) in [4.78, 5) is 28.4. The van der Waals surface area contributed by atoms with Crippen LogP contribution in [0.4, 0.5) is 17.1 Å². The summed E-state index contributed by atoms with van der Waals surface area (Å²) in [6.07, 6.45) is 1.58. The molecule has 0 atom stereocenters. The molecule has 1 aromatic heterocycles. The quantitative estimate of drug-likeness (QED) is 0.451. The topological polar surface area (TPSA) is 117 Å². The highest BCUT2D eigenvalue weighted by atomic mass is 16.6. The third-order valence-electron chi connectivity index (χ3n) is 5.51. The molecule has 4 rings (SSSR count). The monoisotopic (exact) mass is 436 g/mol. The van der Waals surface area contributed by atoms with Gasteiger partial charge < -0.3 is 19.9 Å². The zero-order chi connectivity index (χ0) is 22.7. The van der Waals surface area contributed by atoms with Crippen molar-refractivity contribution >= 4 is 23.0 Å². The van der Waals surface area contributed by atoms with Gasteiger partial charge in [-0.05, 0) is 43.4 Å². The summed E-state index contributed by atoms with van der Waals surface area (Å²) in [6.45, 7) is 3.58. The number of hydrogen-bond donors (Lipinski definition) is 2. The molecule has 1 amide bonds. The number of nitro benzene ring substituents is 1. The lowest BCUT2D eigenvalue weighted by atomic mass is 10.1. The predicted molar refractivity (Wildman–Crippen MR) is 121 cm³/mol. The number of ether oxygens (including phenoxy) is 1. The Labute approximate surface area is 184 Å². The molecule has 1 aliphatic heterocycles. The van der Waals surface area contributed by atoms with Crippen molar-refractivity contribution in [3.05, 3.63) is 64.3 Å². The van der Waals surface area contributed by atoms with Crippen LogP contribution in [0.3, 0.4) is 0 Å². The lowest BCUT2D eigenvalue weighted by Crippen LogP contribution is -2.44. The average Bonchev–Trinajstić information content (AvgIpc) is 3.34. The molecular weight excluding hydrogens is 412 g/mol. The number of anilines is 2. The van der Waals surface area contributed by atoms with Gasteiger partial charge in [-0.15, -0.1) is 0 Å². The predicted octanol–water partition coefficient (Wildman–Crippen LogP) is 3.00. The summed E-state index contributed by atoms with van der Waals surface area (Å²) >= 11 is 0. The highest BCUT2D eigenvalue weighted by molar-refractivity contribution is 6.05. The summed E-state index contributed by atoms with van der Waals surface area (Å²) in [5, 5.41) is 21.1. The SMILES string of the molecule is COc1ccc(NC(=O)c2ccc(-c3cc[nH]n3)c([N+](=O)[O-])c2)cc1N1CCN(C)CC1. The van der Waals surface area contributed by atoms with Crippen molar-refractivity contribution in [1.82, 2.24) is 15.1 Å². The Balaban J connectivity index is 1.58. The Bertz CT molecular complexity index is 1120. The largest absolute Gasteiger partial charge is 0.495 e. The van der Waals surface area contributed by atoms with Gasteiger partial charge in [-0.25, -0.2) is 0 Å². The third-order valence-corrected chi connectivity index (χ3v) is 5.51. The Kier molecular flexibility index (Phi) is 6.04. The molecule has 166 valence electrons. The van der Waals surface area contributed by atoms with Crippen molar-refractivity contribution in [1.29, 1.82) is 0 Å². The van der Waals surface area contributed by atoms with Crippen molar-refractivity contribution in [2.24, 2.45) is 0 Å². The number of hydrogen-bond acceptors (Lipinski definition) is 7. The molecule has 3 aromatic rings. The number of amides is 1. The number of likely N-dealkylation sites (N-methyl/N-ethyl adjacent to an activating group) is 1. The standard InChI is InChI=1S/C22H24N6O4/c1-26-9-11-27(12-10-26)20-14-16(4-6-21(20)32-2)24-22(29)15-3-5-17(18-7-8-23-25-18)19(13-15)28(30)31/h3-8,13-14H,9-12H2,1-2H3,(H,23,25)(H,24,29). The number of nitrogens with zero attached hydrogens (tertiary/aromatic N) is 4. The number of aromatic nitrogens is 2. The number of carbonyl (C=O) groups is 1. The molecule has 1 saturated heterocycles. The molecule has 2 N–H and O–H groups in total. The van der Waals surface area contributed by atoms with Crippen molar-refractivity contribution in [3.63, 3.8) is 0 Å². The number of aromatic amines is 1. The van der Waals surface area contributed by atoms with Gasteiger partial charge in [-0.3, -0.25) is 20.0 Å². The van der Waals surface area contributed by atoms with E-state index in [4.69, 9.17) is 4.74 Å². The second-order valence-corrected chi connectivity index (χ2v) is 7.58. The van der Waals surface area contributed by atoms with Gasteiger partial charge in [0.15, 0.2) is 0 Å². The molecule has 2 heterocycles. The minimum absolute atomic E-state index is 0.183. The number of carbonyl (C=O) groups excluding carboxylic acids is 1. The molecule has 0 unspecified atom stereocenters. The molecule has 32 heavy (non-hydrogen) atoms. The van der Waals surface area contributed by atoms with Crippen LogP contribution < -0.4 is 15.0 Å². The van der Waals surface area contributed by atoms with Crippen LogP contribution in [0.15, 0.2) is 48.7 Å². The van der Waals surface area contributed by atoms with Crippen molar-refractivity contribution in [2.75, 3.05) is 50.6 Å². The summed E-state index contributed by atoms with van der Waals surface area (Å²) in [7, 11) is 3.70. The first-order valence-corrected chi connectivity index (χ1v) is 10.2. The van der Waals surface area contributed by atoms with Gasteiger partial charge in [0.05, 0.1) is 29.0 Å². The Morgan fingerprint density at radius 1 is 1.16 bits per heavy atom. The van der Waals surface area contributed by atoms with E-state index in [1.165, 1.54) is 12.1 Å². The van der Waals surface area contributed by atoms with Crippen molar-refractivity contribution in [2.45, 2.75) is 0 Å². The molecule has 0 saturated carbocycles. The van der Waals surface area contributed by atoms with E-state index in [9.17, 15) is 14.9 Å². The van der Waals surface area contributed by atoms with Gasteiger partial charge in [0.1, 0.15) is 5.75 Å². The first-order chi connectivity index (χ1) is 15.5. The number of H-pyrrole nitrogens is 1. The summed E-state index contributed by atoms with van der Waals surface area (Å²) in [5.41, 5.74) is 2.28. The molecule has 10 nitrogen and oxygen atoms in total. The van der Waals surface area contributed by atoms with Crippen LogP contribution in [-0.2, 0) is 0 Å². The number of rotatable bonds is 6. The van der Waals surface area contributed by atoms with Gasteiger partial charge in [0.2, 0.25) is 0 Å². The normalized spacial score (nSPS) is 14.2. The molecule has 0 spiro atoms. The van der Waals surface area contributed by atoms with Gasteiger partial charge in [0, 0.05) is 49.7 Å². The highest BCUT2D eigenvalue weighted by Crippen LogP contribution is 2.33. The van der Waals surface area contributed by atoms with Crippen LogP contribution in [0.25, 0.3) is 11.3 Å². The number of nitro groups is 1. The van der Waals surface area contributed by atoms with Crippen LogP contribution >= 0.6 is 0 Å². The van der Waals surface area contributed by atoms with Crippen LogP contribution in [0.2, 0.25) is 0 Å². The Morgan fingerprint density at radius 2 is 1.94 bits per heavy atom. The lowest BCUT2D eigenvalue weighted by molar-refractivity contribution is -0.384. The van der Waals surface area contributed by atoms with Gasteiger partial charge in [-0.2, -0.15) is 5.10 Å². The average molecular weight is 436 g/mol. The van der Waals surface area contributed by atoms with E-state index in [0.29, 0.717) is 16.9 Å². The van der Waals surface area contributed by atoms with E-state index in [1.807, 2.05) is 12.1 Å². The Hall–Kier alpha value is -3.92. The van der Waals surface area contributed by atoms with Gasteiger partial charge in [-0.1, -0.05) is 0 Å². The highest BCUT2D eigenvalue weighted by Gasteiger charge is 2.21. The molecule has 10 heteroatoms. The number of nitrogens with one attached hydrogen (secondary N) is 2. The maximum Gasteiger partial charge on any atom is 0.279 e. The summed E-state index contributed by atoms with van der Waals surface area (Å²) in [5.74, 6) is 0.294. The van der Waals surface area contributed by atoms with Crippen molar-refractivity contribution < 1.29 is 14.5 Å². The zero-order valence-corrected chi connectivity index (χ0v) is 17.9. The molecule has 1 fully saturated rings. The second-order valence-electron chi connectivity index (χ2n) is 7.58. The van der Waals surface area contributed by atoms with Gasteiger partial charge in [0.25, 0.3) is 11.6 Å². The summed E-state index contributed by atoms with van der Waals surface area (Å²) < 4.78 is 5.51. The minimum atomic E-state index is -0.514. The van der Waals surface area contributed by atoms with Crippen LogP contribution in [0.5, 0.6) is 5.75 Å². The number of piperazine rings is 1. The molecule has 2 aromatic carbocycles. The lowest BCUT2D eigenvalue weighted by Gasteiger charge is -2.34. The second kappa shape index (κ2) is 9.06. The maximum absolute atomic E-state index is 12.9. The molecule has 0 radical (unpaired) electrons. The fourth-order valence-corrected chi connectivity index (χ4v) is 3.72. The Morgan fingerprint density at radius 3 is 2.59 bits per heavy atom. The minimum Gasteiger partial charge on any atom is -0.495 e. The van der Waals surface area contributed by atoms with Gasteiger partial charge >= 0.3 is 0 Å².